The zero-order chi connectivity index (χ0) is 22.3. The van der Waals surface area contributed by atoms with Crippen LogP contribution in [0.15, 0.2) is 22.7 Å². The van der Waals surface area contributed by atoms with E-state index in [1.807, 2.05) is 44.5 Å². The molecule has 0 aliphatic carbocycles. The lowest BCUT2D eigenvalue weighted by Gasteiger charge is -2.31. The summed E-state index contributed by atoms with van der Waals surface area (Å²) in [6.07, 6.45) is 2.92. The molecule has 4 heterocycles. The number of aryl methyl sites for hydroxylation is 2. The van der Waals surface area contributed by atoms with Crippen molar-refractivity contribution in [3.05, 3.63) is 35.4 Å². The highest BCUT2D eigenvalue weighted by atomic mass is 16.5. The van der Waals surface area contributed by atoms with Gasteiger partial charge in [0.15, 0.2) is 5.65 Å². The third kappa shape index (κ3) is 3.82. The number of pyridine rings is 1. The molecule has 0 saturated carbocycles. The van der Waals surface area contributed by atoms with Crippen LogP contribution in [0.1, 0.15) is 54.6 Å². The molecule has 0 N–H and O–H groups in total. The van der Waals surface area contributed by atoms with Crippen molar-refractivity contribution in [3.63, 3.8) is 0 Å². The summed E-state index contributed by atoms with van der Waals surface area (Å²) < 4.78 is 12.4. The van der Waals surface area contributed by atoms with E-state index in [0.717, 1.165) is 22.5 Å². The fraction of sp³-hybridized carbons (Fsp3) is 0.478. The van der Waals surface area contributed by atoms with E-state index in [1.54, 1.807) is 11.1 Å². The molecule has 0 unspecified atom stereocenters. The number of rotatable bonds is 4. The Morgan fingerprint density at radius 1 is 1.19 bits per heavy atom. The number of methoxy groups -OCH3 is 1. The fourth-order valence-corrected chi connectivity index (χ4v) is 4.25. The van der Waals surface area contributed by atoms with Crippen LogP contribution >= 0.6 is 0 Å². The minimum absolute atomic E-state index is 0.0712. The van der Waals surface area contributed by atoms with Gasteiger partial charge < -0.3 is 14.1 Å². The van der Waals surface area contributed by atoms with Gasteiger partial charge in [-0.25, -0.2) is 9.67 Å². The first-order valence-corrected chi connectivity index (χ1v) is 10.6. The van der Waals surface area contributed by atoms with Gasteiger partial charge >= 0.3 is 5.97 Å². The summed E-state index contributed by atoms with van der Waals surface area (Å²) in [5.74, 6) is 1.13. The van der Waals surface area contributed by atoms with Crippen molar-refractivity contribution < 1.29 is 18.7 Å². The van der Waals surface area contributed by atoms with Gasteiger partial charge in [-0.15, -0.1) is 0 Å². The van der Waals surface area contributed by atoms with Gasteiger partial charge in [-0.05, 0) is 52.7 Å². The normalized spacial score (nSPS) is 15.1. The van der Waals surface area contributed by atoms with Gasteiger partial charge in [0.25, 0.3) is 5.91 Å². The molecule has 3 aromatic heterocycles. The van der Waals surface area contributed by atoms with Crippen LogP contribution in [0.2, 0.25) is 0 Å². The molecule has 1 fully saturated rings. The third-order valence-electron chi connectivity index (χ3n) is 5.92. The van der Waals surface area contributed by atoms with Crippen molar-refractivity contribution in [2.24, 2.45) is 5.92 Å². The second-order valence-electron chi connectivity index (χ2n) is 8.39. The second-order valence-corrected chi connectivity index (χ2v) is 8.39. The Morgan fingerprint density at radius 3 is 2.48 bits per heavy atom. The Balaban J connectivity index is 1.75. The van der Waals surface area contributed by atoms with Gasteiger partial charge in [-0.2, -0.15) is 5.10 Å². The highest BCUT2D eigenvalue weighted by molar-refractivity contribution is 6.06. The number of ether oxygens (including phenoxy) is 1. The number of carbonyl (C=O) groups excluding carboxylic acids is 2. The summed E-state index contributed by atoms with van der Waals surface area (Å²) in [4.78, 5) is 32.0. The molecule has 8 nitrogen and oxygen atoms in total. The van der Waals surface area contributed by atoms with Crippen LogP contribution in [0.25, 0.3) is 22.3 Å². The SMILES string of the molecule is COC(=O)C1CCN(C(=O)c2cc(-c3cc(C)oc3C)nc3c2cnn3C(C)C)CC1. The molecule has 164 valence electrons. The van der Waals surface area contributed by atoms with Gasteiger partial charge in [0.2, 0.25) is 0 Å². The number of likely N-dealkylation sites (tertiary alicyclic amines) is 1. The Morgan fingerprint density at radius 2 is 1.90 bits per heavy atom. The predicted molar refractivity (Wildman–Crippen MR) is 116 cm³/mol. The highest BCUT2D eigenvalue weighted by Crippen LogP contribution is 2.31. The summed E-state index contributed by atoms with van der Waals surface area (Å²) in [6, 6.07) is 3.88. The van der Waals surface area contributed by atoms with Crippen LogP contribution in [0, 0.1) is 19.8 Å². The van der Waals surface area contributed by atoms with Crippen LogP contribution in [-0.2, 0) is 9.53 Å². The summed E-state index contributed by atoms with van der Waals surface area (Å²) in [5, 5.41) is 5.22. The van der Waals surface area contributed by atoms with Crippen molar-refractivity contribution in [2.75, 3.05) is 20.2 Å². The molecule has 4 rings (SSSR count). The minimum atomic E-state index is -0.204. The second kappa shape index (κ2) is 8.17. The molecule has 1 aliphatic heterocycles. The lowest BCUT2D eigenvalue weighted by Crippen LogP contribution is -2.40. The molecule has 3 aromatic rings. The molecule has 1 aliphatic rings. The predicted octanol–water partition coefficient (Wildman–Crippen LogP) is 3.91. The van der Waals surface area contributed by atoms with E-state index in [1.165, 1.54) is 7.11 Å². The van der Waals surface area contributed by atoms with Gasteiger partial charge in [0, 0.05) is 24.7 Å². The zero-order valence-electron chi connectivity index (χ0n) is 18.6. The standard InChI is InChI=1S/C23H28N4O4/c1-13(2)27-21-19(12-24-27)18(11-20(25-21)17-10-14(3)31-15(17)4)22(28)26-8-6-16(7-9-26)23(29)30-5/h10-13,16H,6-9H2,1-5H3. The quantitative estimate of drug-likeness (QED) is 0.590. The van der Waals surface area contributed by atoms with Crippen LogP contribution < -0.4 is 0 Å². The third-order valence-corrected chi connectivity index (χ3v) is 5.92. The van der Waals surface area contributed by atoms with E-state index in [-0.39, 0.29) is 23.8 Å². The molecule has 31 heavy (non-hydrogen) atoms. The summed E-state index contributed by atoms with van der Waals surface area (Å²) in [5.41, 5.74) is 2.81. The molecule has 0 aromatic carbocycles. The van der Waals surface area contributed by atoms with Crippen molar-refractivity contribution >= 4 is 22.9 Å². The van der Waals surface area contributed by atoms with Gasteiger partial charge in [0.1, 0.15) is 11.5 Å². The van der Waals surface area contributed by atoms with E-state index < -0.39 is 0 Å². The largest absolute Gasteiger partial charge is 0.469 e. The fourth-order valence-electron chi connectivity index (χ4n) is 4.25. The van der Waals surface area contributed by atoms with Gasteiger partial charge in [0.05, 0.1) is 35.9 Å². The number of fused-ring (bicyclic) bond motifs is 1. The van der Waals surface area contributed by atoms with Crippen molar-refractivity contribution in [2.45, 2.75) is 46.6 Å². The van der Waals surface area contributed by atoms with E-state index in [2.05, 4.69) is 5.10 Å². The number of piperidine rings is 1. The van der Waals surface area contributed by atoms with Crippen LogP contribution in [-0.4, -0.2) is 51.7 Å². The number of amides is 1. The number of carbonyl (C=O) groups is 2. The molecule has 0 bridgehead atoms. The Hall–Kier alpha value is -3.16. The summed E-state index contributed by atoms with van der Waals surface area (Å²) >= 11 is 0. The molecule has 8 heteroatoms. The first kappa shape index (κ1) is 21.1. The molecular formula is C23H28N4O4. The van der Waals surface area contributed by atoms with E-state index in [0.29, 0.717) is 42.8 Å². The molecule has 1 saturated heterocycles. The molecule has 0 spiro atoms. The summed E-state index contributed by atoms with van der Waals surface area (Å²) in [7, 11) is 1.40. The first-order chi connectivity index (χ1) is 14.8. The van der Waals surface area contributed by atoms with Crippen LogP contribution in [0.4, 0.5) is 0 Å². The summed E-state index contributed by atoms with van der Waals surface area (Å²) in [6.45, 7) is 8.89. The zero-order valence-corrected chi connectivity index (χ0v) is 18.6. The van der Waals surface area contributed by atoms with Gasteiger partial charge in [-0.3, -0.25) is 9.59 Å². The molecule has 0 atom stereocenters. The lowest BCUT2D eigenvalue weighted by atomic mass is 9.96. The maximum absolute atomic E-state index is 13.5. The number of nitrogens with zero attached hydrogens (tertiary/aromatic N) is 4. The van der Waals surface area contributed by atoms with Crippen molar-refractivity contribution in [1.29, 1.82) is 0 Å². The Bertz CT molecular complexity index is 1140. The monoisotopic (exact) mass is 424 g/mol. The Labute approximate surface area is 181 Å². The smallest absolute Gasteiger partial charge is 0.308 e. The lowest BCUT2D eigenvalue weighted by molar-refractivity contribution is -0.146. The number of esters is 1. The van der Waals surface area contributed by atoms with Crippen LogP contribution in [0.3, 0.4) is 0 Å². The minimum Gasteiger partial charge on any atom is -0.469 e. The topological polar surface area (TPSA) is 90.5 Å². The average Bonchev–Trinajstić information content (AvgIpc) is 3.34. The first-order valence-electron chi connectivity index (χ1n) is 10.6. The highest BCUT2D eigenvalue weighted by Gasteiger charge is 2.30. The average molecular weight is 425 g/mol. The maximum Gasteiger partial charge on any atom is 0.308 e. The van der Waals surface area contributed by atoms with E-state index >= 15 is 0 Å². The van der Waals surface area contributed by atoms with Crippen molar-refractivity contribution in [3.8, 4) is 11.3 Å². The maximum atomic E-state index is 13.5. The van der Waals surface area contributed by atoms with Crippen molar-refractivity contribution in [1.82, 2.24) is 19.7 Å². The van der Waals surface area contributed by atoms with E-state index in [9.17, 15) is 9.59 Å². The Kier molecular flexibility index (Phi) is 5.56. The number of hydrogen-bond acceptors (Lipinski definition) is 6. The number of aromatic nitrogens is 3. The molecule has 0 radical (unpaired) electrons. The number of furan rings is 1. The van der Waals surface area contributed by atoms with E-state index in [4.69, 9.17) is 14.1 Å². The van der Waals surface area contributed by atoms with Crippen LogP contribution in [0.5, 0.6) is 0 Å². The number of hydrogen-bond donors (Lipinski definition) is 0. The molecule has 1 amide bonds. The molecular weight excluding hydrogens is 396 g/mol. The van der Waals surface area contributed by atoms with Gasteiger partial charge in [-0.1, -0.05) is 0 Å².